The molecule has 3 rings (SSSR count). The molecular formula is C14H14N2O4. The van der Waals surface area contributed by atoms with Crippen LogP contribution < -0.4 is 0 Å². The zero-order chi connectivity index (χ0) is 14.1. The first-order valence-corrected chi connectivity index (χ1v) is 6.58. The van der Waals surface area contributed by atoms with Gasteiger partial charge in [-0.25, -0.2) is 0 Å². The number of H-pyrrole nitrogens is 1. The molecule has 0 saturated carbocycles. The van der Waals surface area contributed by atoms with Gasteiger partial charge in [0.25, 0.3) is 5.69 Å². The van der Waals surface area contributed by atoms with E-state index in [1.165, 1.54) is 12.1 Å². The number of rotatable bonds is 3. The topological polar surface area (TPSA) is 85.2 Å². The van der Waals surface area contributed by atoms with Crippen molar-refractivity contribution in [2.45, 2.75) is 25.4 Å². The van der Waals surface area contributed by atoms with Crippen molar-refractivity contribution in [1.82, 2.24) is 4.98 Å². The zero-order valence-corrected chi connectivity index (χ0v) is 10.8. The molecule has 0 radical (unpaired) electrons. The highest BCUT2D eigenvalue weighted by Crippen LogP contribution is 2.26. The van der Waals surface area contributed by atoms with Gasteiger partial charge in [-0.1, -0.05) is 0 Å². The average Bonchev–Trinajstić information content (AvgIpc) is 2.90. The van der Waals surface area contributed by atoms with Crippen molar-refractivity contribution in [2.75, 3.05) is 6.61 Å². The van der Waals surface area contributed by atoms with Crippen LogP contribution in [0, 0.1) is 10.1 Å². The second-order valence-electron chi connectivity index (χ2n) is 4.91. The number of nitro benzene ring substituents is 1. The summed E-state index contributed by atoms with van der Waals surface area (Å²) in [5, 5.41) is 11.4. The van der Waals surface area contributed by atoms with E-state index in [2.05, 4.69) is 4.98 Å². The number of aromatic nitrogens is 1. The quantitative estimate of drug-likeness (QED) is 0.529. The Bertz CT molecular complexity index is 671. The van der Waals surface area contributed by atoms with Gasteiger partial charge in [-0.2, -0.15) is 0 Å². The van der Waals surface area contributed by atoms with E-state index in [0.29, 0.717) is 23.1 Å². The van der Waals surface area contributed by atoms with Gasteiger partial charge in [0.2, 0.25) is 0 Å². The molecule has 1 fully saturated rings. The number of ether oxygens (including phenoxy) is 1. The fraction of sp³-hybridized carbons (Fsp3) is 0.357. The summed E-state index contributed by atoms with van der Waals surface area (Å²) in [7, 11) is 0. The van der Waals surface area contributed by atoms with Gasteiger partial charge < -0.3 is 9.72 Å². The lowest BCUT2D eigenvalue weighted by Crippen LogP contribution is -2.28. The molecule has 1 unspecified atom stereocenters. The van der Waals surface area contributed by atoms with Crippen LogP contribution in [0.15, 0.2) is 24.4 Å². The molecule has 0 spiro atoms. The van der Waals surface area contributed by atoms with E-state index in [1.54, 1.807) is 12.3 Å². The van der Waals surface area contributed by atoms with Gasteiger partial charge in [-0.3, -0.25) is 14.9 Å². The van der Waals surface area contributed by atoms with Gasteiger partial charge in [0.05, 0.1) is 10.4 Å². The van der Waals surface area contributed by atoms with E-state index >= 15 is 0 Å². The minimum atomic E-state index is -0.452. The minimum Gasteiger partial charge on any atom is -0.370 e. The number of Topliss-reactive ketones (excluding diaryl/α,β-unsaturated/α-hetero) is 1. The van der Waals surface area contributed by atoms with Crippen LogP contribution in [-0.4, -0.2) is 28.4 Å². The first-order valence-electron chi connectivity index (χ1n) is 6.58. The fourth-order valence-electron chi connectivity index (χ4n) is 2.55. The van der Waals surface area contributed by atoms with Crippen LogP contribution in [0.4, 0.5) is 5.69 Å². The van der Waals surface area contributed by atoms with Crippen LogP contribution in [0.5, 0.6) is 0 Å². The van der Waals surface area contributed by atoms with Crippen molar-refractivity contribution >= 4 is 22.4 Å². The molecule has 2 heterocycles. The number of carbonyl (C=O) groups excluding carboxylic acids is 1. The van der Waals surface area contributed by atoms with Crippen LogP contribution in [0.2, 0.25) is 0 Å². The maximum Gasteiger partial charge on any atom is 0.271 e. The molecule has 104 valence electrons. The molecule has 2 aromatic rings. The van der Waals surface area contributed by atoms with Crippen molar-refractivity contribution in [1.29, 1.82) is 0 Å². The number of non-ortho nitro benzene ring substituents is 1. The summed E-state index contributed by atoms with van der Waals surface area (Å²) in [5.74, 6) is -0.0511. The summed E-state index contributed by atoms with van der Waals surface area (Å²) >= 11 is 0. The number of fused-ring (bicyclic) bond motifs is 1. The van der Waals surface area contributed by atoms with E-state index in [4.69, 9.17) is 4.74 Å². The number of hydrogen-bond donors (Lipinski definition) is 1. The molecule has 1 aliphatic rings. The largest absolute Gasteiger partial charge is 0.370 e. The Labute approximate surface area is 114 Å². The molecule has 20 heavy (non-hydrogen) atoms. The summed E-state index contributed by atoms with van der Waals surface area (Å²) in [4.78, 5) is 25.6. The molecule has 1 aromatic carbocycles. The lowest BCUT2D eigenvalue weighted by Gasteiger charge is -2.20. The number of nitrogens with one attached hydrogen (secondary N) is 1. The molecule has 1 atom stereocenters. The highest BCUT2D eigenvalue weighted by Gasteiger charge is 2.25. The first-order chi connectivity index (χ1) is 9.66. The Morgan fingerprint density at radius 1 is 1.40 bits per heavy atom. The molecule has 1 N–H and O–H groups in total. The van der Waals surface area contributed by atoms with Crippen LogP contribution in [0.25, 0.3) is 10.9 Å². The van der Waals surface area contributed by atoms with Crippen LogP contribution in [0.1, 0.15) is 29.6 Å². The monoisotopic (exact) mass is 274 g/mol. The van der Waals surface area contributed by atoms with Crippen molar-refractivity contribution in [3.05, 3.63) is 40.1 Å². The first kappa shape index (κ1) is 12.8. The fourth-order valence-corrected chi connectivity index (χ4v) is 2.55. The van der Waals surface area contributed by atoms with Gasteiger partial charge in [-0.05, 0) is 25.3 Å². The predicted octanol–water partition coefficient (Wildman–Crippen LogP) is 2.83. The Kier molecular flexibility index (Phi) is 3.23. The molecular weight excluding hydrogens is 260 g/mol. The van der Waals surface area contributed by atoms with E-state index in [1.807, 2.05) is 0 Å². The van der Waals surface area contributed by atoms with Crippen LogP contribution in [-0.2, 0) is 4.74 Å². The molecule has 0 amide bonds. The van der Waals surface area contributed by atoms with Crippen LogP contribution in [0.3, 0.4) is 0 Å². The third-order valence-corrected chi connectivity index (χ3v) is 3.61. The third-order valence-electron chi connectivity index (χ3n) is 3.61. The lowest BCUT2D eigenvalue weighted by molar-refractivity contribution is -0.384. The molecule has 0 bridgehead atoms. The number of carbonyl (C=O) groups is 1. The van der Waals surface area contributed by atoms with E-state index < -0.39 is 11.0 Å². The summed E-state index contributed by atoms with van der Waals surface area (Å²) in [5.41, 5.74) is 1.15. The van der Waals surface area contributed by atoms with Gasteiger partial charge >= 0.3 is 0 Å². The predicted molar refractivity (Wildman–Crippen MR) is 72.9 cm³/mol. The molecule has 6 nitrogen and oxygen atoms in total. The summed E-state index contributed by atoms with van der Waals surface area (Å²) in [6.45, 7) is 0.615. The Morgan fingerprint density at radius 3 is 2.95 bits per heavy atom. The lowest BCUT2D eigenvalue weighted by atomic mass is 9.99. The maximum atomic E-state index is 12.4. The molecule has 1 aliphatic heterocycles. The van der Waals surface area contributed by atoms with Gasteiger partial charge in [0.15, 0.2) is 5.78 Å². The highest BCUT2D eigenvalue weighted by molar-refractivity contribution is 6.10. The van der Waals surface area contributed by atoms with Gasteiger partial charge in [0.1, 0.15) is 6.10 Å². The second-order valence-corrected chi connectivity index (χ2v) is 4.91. The molecule has 6 heteroatoms. The van der Waals surface area contributed by atoms with Crippen LogP contribution >= 0.6 is 0 Å². The van der Waals surface area contributed by atoms with Crippen molar-refractivity contribution in [2.24, 2.45) is 0 Å². The number of nitro groups is 1. The van der Waals surface area contributed by atoms with Crippen molar-refractivity contribution in [3.63, 3.8) is 0 Å². The minimum absolute atomic E-state index is 0.00673. The van der Waals surface area contributed by atoms with Gasteiger partial charge in [0, 0.05) is 35.9 Å². The maximum absolute atomic E-state index is 12.4. The normalized spacial score (nSPS) is 19.1. The number of ketones is 1. The molecule has 1 aromatic heterocycles. The van der Waals surface area contributed by atoms with E-state index in [9.17, 15) is 14.9 Å². The second kappa shape index (κ2) is 5.05. The highest BCUT2D eigenvalue weighted by atomic mass is 16.6. The standard InChI is InChI=1S/C14H14N2O4/c17-14(13-3-1-2-6-20-13)11-8-15-12-7-9(16(18)19)4-5-10(11)12/h4-5,7-8,13,15H,1-3,6H2. The average molecular weight is 274 g/mol. The van der Waals surface area contributed by atoms with Crippen molar-refractivity contribution < 1.29 is 14.5 Å². The van der Waals surface area contributed by atoms with Gasteiger partial charge in [-0.15, -0.1) is 0 Å². The Balaban J connectivity index is 1.95. The van der Waals surface area contributed by atoms with Crippen molar-refractivity contribution in [3.8, 4) is 0 Å². The third kappa shape index (κ3) is 2.18. The van der Waals surface area contributed by atoms with E-state index in [-0.39, 0.29) is 11.5 Å². The number of nitrogens with zero attached hydrogens (tertiary/aromatic N) is 1. The summed E-state index contributed by atoms with van der Waals surface area (Å²) in [6.07, 6.45) is 3.93. The smallest absolute Gasteiger partial charge is 0.271 e. The number of benzene rings is 1. The number of hydrogen-bond acceptors (Lipinski definition) is 4. The molecule has 1 saturated heterocycles. The molecule has 0 aliphatic carbocycles. The SMILES string of the molecule is O=C(c1c[nH]c2cc([N+](=O)[O-])ccc12)C1CCCCO1. The summed E-state index contributed by atoms with van der Waals surface area (Å²) < 4.78 is 5.50. The van der Waals surface area contributed by atoms with E-state index in [0.717, 1.165) is 19.3 Å². The summed E-state index contributed by atoms with van der Waals surface area (Å²) in [6, 6.07) is 4.46. The zero-order valence-electron chi connectivity index (χ0n) is 10.8. The number of aromatic amines is 1. The Hall–Kier alpha value is -2.21. The Morgan fingerprint density at radius 2 is 2.25 bits per heavy atom.